The molecule has 2 rings (SSSR count). The summed E-state index contributed by atoms with van der Waals surface area (Å²) in [6.45, 7) is 11.8. The molecule has 2 aliphatic rings. The van der Waals surface area contributed by atoms with Gasteiger partial charge < -0.3 is 26.2 Å². The predicted octanol–water partition coefficient (Wildman–Crippen LogP) is 2.57. The van der Waals surface area contributed by atoms with Crippen molar-refractivity contribution in [3.63, 3.8) is 0 Å². The Morgan fingerprint density at radius 1 is 1.03 bits per heavy atom. The molecule has 10 heteroatoms. The minimum Gasteiger partial charge on any atom is -0.346 e. The molecular weight excluding hydrogens is 486 g/mol. The van der Waals surface area contributed by atoms with E-state index >= 15 is 0 Å². The highest BCUT2D eigenvalue weighted by Crippen LogP contribution is 2.40. The fraction of sp³-hybridized carbons (Fsp3) is 0.750. The van der Waals surface area contributed by atoms with Crippen molar-refractivity contribution in [3.05, 3.63) is 12.7 Å². The highest BCUT2D eigenvalue weighted by atomic mass is 16.2. The zero-order valence-electron chi connectivity index (χ0n) is 23.6. The van der Waals surface area contributed by atoms with E-state index in [2.05, 4.69) is 27.8 Å². The lowest BCUT2D eigenvalue weighted by atomic mass is 9.70. The van der Waals surface area contributed by atoms with Crippen molar-refractivity contribution in [3.8, 4) is 0 Å². The molecular formula is C28H47N5O5. The minimum atomic E-state index is -0.966. The molecule has 4 N–H and O–H groups in total. The van der Waals surface area contributed by atoms with E-state index in [1.807, 2.05) is 27.7 Å². The Hall–Kier alpha value is -2.91. The number of hydrogen-bond acceptors (Lipinski definition) is 5. The summed E-state index contributed by atoms with van der Waals surface area (Å²) >= 11 is 0. The standard InChI is InChI=1S/C28H47N5O5/c1-6-8-13-20(22(34)25(36)29-17-7-2)31-24(35)21-14-12-18-33(21)26(37)23(32-27(38)30-19(3)4)28(5)15-10-9-11-16-28/h7,19-21,23H,2,6,8-18H2,1,3-5H3,(H,29,36)(H,31,35)(H2,30,32,38). The van der Waals surface area contributed by atoms with Gasteiger partial charge in [0.25, 0.3) is 5.91 Å². The fourth-order valence-corrected chi connectivity index (χ4v) is 5.44. The summed E-state index contributed by atoms with van der Waals surface area (Å²) in [5.41, 5.74) is -0.420. The number of urea groups is 1. The highest BCUT2D eigenvalue weighted by molar-refractivity contribution is 6.38. The van der Waals surface area contributed by atoms with Crippen LogP contribution in [0.5, 0.6) is 0 Å². The van der Waals surface area contributed by atoms with Crippen LogP contribution in [0.2, 0.25) is 0 Å². The summed E-state index contributed by atoms with van der Waals surface area (Å²) in [7, 11) is 0. The number of carbonyl (C=O) groups excluding carboxylic acids is 5. The molecule has 0 radical (unpaired) electrons. The number of nitrogens with one attached hydrogen (secondary N) is 4. The topological polar surface area (TPSA) is 137 Å². The number of rotatable bonds is 13. The van der Waals surface area contributed by atoms with Crippen LogP contribution in [-0.4, -0.2) is 71.7 Å². The summed E-state index contributed by atoms with van der Waals surface area (Å²) < 4.78 is 0. The van der Waals surface area contributed by atoms with Gasteiger partial charge in [0.2, 0.25) is 17.6 Å². The summed E-state index contributed by atoms with van der Waals surface area (Å²) in [5.74, 6) is -2.19. The molecule has 0 aromatic carbocycles. The van der Waals surface area contributed by atoms with Crippen LogP contribution in [-0.2, 0) is 19.2 Å². The molecule has 2 fully saturated rings. The average Bonchev–Trinajstić information content (AvgIpc) is 3.37. The van der Waals surface area contributed by atoms with Crippen molar-refractivity contribution in [2.45, 2.75) is 116 Å². The summed E-state index contributed by atoms with van der Waals surface area (Å²) in [4.78, 5) is 66.7. The second-order valence-electron chi connectivity index (χ2n) is 11.2. The van der Waals surface area contributed by atoms with Crippen LogP contribution in [0.25, 0.3) is 0 Å². The zero-order valence-corrected chi connectivity index (χ0v) is 23.6. The summed E-state index contributed by atoms with van der Waals surface area (Å²) in [5, 5.41) is 11.0. The number of ketones is 1. The average molecular weight is 534 g/mol. The molecule has 214 valence electrons. The molecule has 1 heterocycles. The molecule has 0 aromatic heterocycles. The van der Waals surface area contributed by atoms with Gasteiger partial charge in [0, 0.05) is 19.1 Å². The third-order valence-corrected chi connectivity index (χ3v) is 7.58. The Morgan fingerprint density at radius 3 is 2.32 bits per heavy atom. The first-order chi connectivity index (χ1) is 18.0. The van der Waals surface area contributed by atoms with Gasteiger partial charge in [0.15, 0.2) is 0 Å². The smallest absolute Gasteiger partial charge is 0.315 e. The van der Waals surface area contributed by atoms with Gasteiger partial charge in [-0.3, -0.25) is 19.2 Å². The van der Waals surface area contributed by atoms with Gasteiger partial charge in [-0.05, 0) is 51.4 Å². The largest absolute Gasteiger partial charge is 0.346 e. The van der Waals surface area contributed by atoms with Crippen molar-refractivity contribution in [1.82, 2.24) is 26.2 Å². The number of nitrogens with zero attached hydrogens (tertiary/aromatic N) is 1. The van der Waals surface area contributed by atoms with Crippen LogP contribution in [0.15, 0.2) is 12.7 Å². The van der Waals surface area contributed by atoms with Gasteiger partial charge >= 0.3 is 6.03 Å². The Labute approximate surface area is 227 Å². The van der Waals surface area contributed by atoms with E-state index in [4.69, 9.17) is 0 Å². The molecule has 1 aliphatic carbocycles. The summed E-state index contributed by atoms with van der Waals surface area (Å²) in [6, 6.07) is -2.98. The van der Waals surface area contributed by atoms with Crippen molar-refractivity contribution in [2.75, 3.05) is 13.1 Å². The number of hydrogen-bond donors (Lipinski definition) is 4. The Morgan fingerprint density at radius 2 is 1.71 bits per heavy atom. The van der Waals surface area contributed by atoms with Gasteiger partial charge in [-0.15, -0.1) is 6.58 Å². The van der Waals surface area contributed by atoms with Gasteiger partial charge in [-0.1, -0.05) is 52.0 Å². The Bertz CT molecular complexity index is 868. The van der Waals surface area contributed by atoms with E-state index < -0.39 is 47.2 Å². The minimum absolute atomic E-state index is 0.0866. The molecule has 5 amide bonds. The van der Waals surface area contributed by atoms with E-state index in [1.165, 1.54) is 6.08 Å². The zero-order chi connectivity index (χ0) is 28.3. The fourth-order valence-electron chi connectivity index (χ4n) is 5.44. The van der Waals surface area contributed by atoms with Gasteiger partial charge in [0.1, 0.15) is 12.1 Å². The SMILES string of the molecule is C=CCNC(=O)C(=O)C(CCCC)NC(=O)C1CCCN1C(=O)C(NC(=O)NC(C)C)C1(C)CCCCC1. The van der Waals surface area contributed by atoms with Crippen LogP contribution < -0.4 is 21.3 Å². The number of amides is 5. The van der Waals surface area contributed by atoms with Gasteiger partial charge in [0.05, 0.1) is 6.04 Å². The number of carbonyl (C=O) groups is 5. The molecule has 0 aromatic rings. The summed E-state index contributed by atoms with van der Waals surface area (Å²) in [6.07, 6.45) is 9.03. The van der Waals surface area contributed by atoms with E-state index in [9.17, 15) is 24.0 Å². The molecule has 0 bridgehead atoms. The molecule has 38 heavy (non-hydrogen) atoms. The first-order valence-corrected chi connectivity index (χ1v) is 14.1. The Kier molecular flexibility index (Phi) is 12.3. The second kappa shape index (κ2) is 14.9. The van der Waals surface area contributed by atoms with Crippen LogP contribution >= 0.6 is 0 Å². The first-order valence-electron chi connectivity index (χ1n) is 14.1. The van der Waals surface area contributed by atoms with Crippen molar-refractivity contribution >= 4 is 29.5 Å². The van der Waals surface area contributed by atoms with E-state index in [-0.39, 0.29) is 18.5 Å². The molecule has 1 aliphatic heterocycles. The van der Waals surface area contributed by atoms with Crippen molar-refractivity contribution < 1.29 is 24.0 Å². The van der Waals surface area contributed by atoms with Crippen LogP contribution in [0.1, 0.15) is 91.9 Å². The van der Waals surface area contributed by atoms with Crippen LogP contribution in [0, 0.1) is 5.41 Å². The Balaban J connectivity index is 2.22. The maximum Gasteiger partial charge on any atom is 0.315 e. The van der Waals surface area contributed by atoms with Gasteiger partial charge in [-0.25, -0.2) is 4.79 Å². The lowest BCUT2D eigenvalue weighted by molar-refractivity contribution is -0.144. The third kappa shape index (κ3) is 8.56. The van der Waals surface area contributed by atoms with Crippen LogP contribution in [0.4, 0.5) is 4.79 Å². The van der Waals surface area contributed by atoms with Crippen molar-refractivity contribution in [1.29, 1.82) is 0 Å². The first kappa shape index (κ1) is 31.3. The quantitative estimate of drug-likeness (QED) is 0.213. The lowest BCUT2D eigenvalue weighted by Gasteiger charge is -2.42. The number of Topliss-reactive ketones (excluding diaryl/α,β-unsaturated/α-hetero) is 1. The number of unbranched alkanes of at least 4 members (excludes halogenated alkanes) is 1. The third-order valence-electron chi connectivity index (χ3n) is 7.58. The highest BCUT2D eigenvalue weighted by Gasteiger charge is 2.46. The molecule has 3 atom stereocenters. The molecule has 1 saturated carbocycles. The monoisotopic (exact) mass is 533 g/mol. The maximum atomic E-state index is 14.0. The van der Waals surface area contributed by atoms with E-state index in [0.717, 1.165) is 38.5 Å². The second-order valence-corrected chi connectivity index (χ2v) is 11.2. The molecule has 1 saturated heterocycles. The van der Waals surface area contributed by atoms with Gasteiger partial charge in [-0.2, -0.15) is 0 Å². The molecule has 3 unspecified atom stereocenters. The van der Waals surface area contributed by atoms with Crippen molar-refractivity contribution in [2.24, 2.45) is 5.41 Å². The maximum absolute atomic E-state index is 14.0. The molecule has 10 nitrogen and oxygen atoms in total. The van der Waals surface area contributed by atoms with E-state index in [0.29, 0.717) is 32.2 Å². The normalized spacial score (nSPS) is 20.2. The number of likely N-dealkylation sites (tertiary alicyclic amines) is 1. The van der Waals surface area contributed by atoms with Crippen LogP contribution in [0.3, 0.4) is 0 Å². The molecule has 0 spiro atoms. The predicted molar refractivity (Wildman–Crippen MR) is 146 cm³/mol. The lowest BCUT2D eigenvalue weighted by Crippen LogP contribution is -2.61. The van der Waals surface area contributed by atoms with E-state index in [1.54, 1.807) is 4.90 Å².